The van der Waals surface area contributed by atoms with Crippen molar-refractivity contribution in [1.29, 1.82) is 0 Å². The maximum Gasteiger partial charge on any atom is 0.134 e. The Hall–Kier alpha value is -1.16. The summed E-state index contributed by atoms with van der Waals surface area (Å²) in [6.45, 7) is 6.66. The van der Waals surface area contributed by atoms with Crippen LogP contribution < -0.4 is 5.32 Å². The summed E-state index contributed by atoms with van der Waals surface area (Å²) < 4.78 is 0. The van der Waals surface area contributed by atoms with Crippen molar-refractivity contribution in [3.8, 4) is 0 Å². The van der Waals surface area contributed by atoms with Crippen LogP contribution in [-0.4, -0.2) is 41.0 Å². The third-order valence-electron chi connectivity index (χ3n) is 5.23. The summed E-state index contributed by atoms with van der Waals surface area (Å²) in [6, 6.07) is 3.55. The molecule has 2 saturated heterocycles. The summed E-state index contributed by atoms with van der Waals surface area (Å²) in [6.07, 6.45) is 5.11. The number of hydrogen-bond donors (Lipinski definition) is 1. The highest BCUT2D eigenvalue weighted by Gasteiger charge is 2.40. The van der Waals surface area contributed by atoms with E-state index in [0.29, 0.717) is 5.92 Å². The summed E-state index contributed by atoms with van der Waals surface area (Å²) in [5.74, 6) is 2.53. The van der Waals surface area contributed by atoms with Crippen LogP contribution in [0.3, 0.4) is 0 Å². The lowest BCUT2D eigenvalue weighted by Gasteiger charge is -2.36. The zero-order valence-corrected chi connectivity index (χ0v) is 14.0. The first kappa shape index (κ1) is 14.8. The molecule has 116 valence electrons. The molecule has 3 rings (SSSR count). The number of nitrogens with one attached hydrogen (secondary N) is 1. The number of rotatable bonds is 2. The second-order valence-electron chi connectivity index (χ2n) is 7.72. The highest BCUT2D eigenvalue weighted by atomic mass is 15.2. The monoisotopic (exact) mass is 288 g/mol. The summed E-state index contributed by atoms with van der Waals surface area (Å²) in [4.78, 5) is 12.3. The number of aromatic nitrogens is 2. The Morgan fingerprint density at radius 3 is 2.29 bits per heavy atom. The fourth-order valence-electron chi connectivity index (χ4n) is 3.78. The van der Waals surface area contributed by atoms with Crippen molar-refractivity contribution in [1.82, 2.24) is 14.9 Å². The summed E-state index contributed by atoms with van der Waals surface area (Å²) in [5, 5.41) is 3.20. The van der Waals surface area contributed by atoms with Crippen molar-refractivity contribution in [2.24, 2.45) is 0 Å². The van der Waals surface area contributed by atoms with Crippen LogP contribution in [0.25, 0.3) is 0 Å². The molecule has 4 nitrogen and oxygen atoms in total. The maximum absolute atomic E-state index is 4.93. The van der Waals surface area contributed by atoms with Gasteiger partial charge in [0.05, 0.1) is 5.69 Å². The molecule has 1 aromatic rings. The smallest absolute Gasteiger partial charge is 0.134 e. The molecule has 1 N–H and O–H groups in total. The molecule has 2 bridgehead atoms. The maximum atomic E-state index is 4.93. The van der Waals surface area contributed by atoms with Gasteiger partial charge >= 0.3 is 0 Å². The van der Waals surface area contributed by atoms with Gasteiger partial charge in [0, 0.05) is 36.5 Å². The molecule has 0 aromatic carbocycles. The van der Waals surface area contributed by atoms with E-state index in [2.05, 4.69) is 44.1 Å². The van der Waals surface area contributed by atoms with E-state index >= 15 is 0 Å². The average molecular weight is 288 g/mol. The van der Waals surface area contributed by atoms with E-state index < -0.39 is 0 Å². The lowest BCUT2D eigenvalue weighted by atomic mass is 9.88. The van der Waals surface area contributed by atoms with Gasteiger partial charge in [-0.15, -0.1) is 0 Å². The summed E-state index contributed by atoms with van der Waals surface area (Å²) in [7, 11) is 4.22. The second-order valence-corrected chi connectivity index (χ2v) is 7.72. The topological polar surface area (TPSA) is 41.1 Å². The van der Waals surface area contributed by atoms with Gasteiger partial charge in [-0.1, -0.05) is 20.8 Å². The Kier molecular flexibility index (Phi) is 3.68. The zero-order valence-electron chi connectivity index (χ0n) is 14.0. The number of anilines is 1. The first-order chi connectivity index (χ1) is 9.88. The van der Waals surface area contributed by atoms with Crippen LogP contribution in [0.4, 0.5) is 5.82 Å². The lowest BCUT2D eigenvalue weighted by Crippen LogP contribution is -2.39. The molecule has 0 spiro atoms. The lowest BCUT2D eigenvalue weighted by molar-refractivity contribution is 0.158. The van der Waals surface area contributed by atoms with Gasteiger partial charge in [-0.3, -0.25) is 0 Å². The van der Waals surface area contributed by atoms with E-state index in [-0.39, 0.29) is 5.41 Å². The van der Waals surface area contributed by atoms with E-state index in [1.807, 2.05) is 7.05 Å². The van der Waals surface area contributed by atoms with Crippen molar-refractivity contribution in [3.63, 3.8) is 0 Å². The minimum absolute atomic E-state index is 0.0632. The van der Waals surface area contributed by atoms with Gasteiger partial charge in [0.15, 0.2) is 0 Å². The molecule has 2 atom stereocenters. The van der Waals surface area contributed by atoms with Crippen LogP contribution in [0.1, 0.15) is 63.9 Å². The molecule has 0 saturated carbocycles. The van der Waals surface area contributed by atoms with Gasteiger partial charge in [0.1, 0.15) is 11.6 Å². The molecule has 2 fully saturated rings. The van der Waals surface area contributed by atoms with E-state index in [0.717, 1.165) is 29.4 Å². The Morgan fingerprint density at radius 1 is 1.14 bits per heavy atom. The van der Waals surface area contributed by atoms with Gasteiger partial charge in [0.2, 0.25) is 0 Å². The van der Waals surface area contributed by atoms with Crippen molar-refractivity contribution >= 4 is 5.82 Å². The molecule has 2 unspecified atom stereocenters. The van der Waals surface area contributed by atoms with E-state index in [1.54, 1.807) is 0 Å². The zero-order chi connectivity index (χ0) is 15.2. The number of piperidine rings is 1. The average Bonchev–Trinajstić information content (AvgIpc) is 2.67. The van der Waals surface area contributed by atoms with Crippen LogP contribution in [0, 0.1) is 0 Å². The van der Waals surface area contributed by atoms with Crippen LogP contribution in [0.2, 0.25) is 0 Å². The molecule has 0 radical (unpaired) electrons. The Morgan fingerprint density at radius 2 is 1.76 bits per heavy atom. The standard InChI is InChI=1S/C17H28N4/c1-17(2,3)14-10-15(18-4)20-16(19-14)11-8-12-6-7-13(9-11)21(12)5/h10-13H,6-9H2,1-5H3,(H,18,19,20). The predicted molar refractivity (Wildman–Crippen MR) is 86.8 cm³/mol. The molecule has 2 aliphatic rings. The van der Waals surface area contributed by atoms with Crippen molar-refractivity contribution in [3.05, 3.63) is 17.6 Å². The predicted octanol–water partition coefficient (Wildman–Crippen LogP) is 3.16. The van der Waals surface area contributed by atoms with Gasteiger partial charge < -0.3 is 10.2 Å². The summed E-state index contributed by atoms with van der Waals surface area (Å²) >= 11 is 0. The fourth-order valence-corrected chi connectivity index (χ4v) is 3.78. The van der Waals surface area contributed by atoms with Gasteiger partial charge in [-0.05, 0) is 32.7 Å². The van der Waals surface area contributed by atoms with Crippen LogP contribution >= 0.6 is 0 Å². The van der Waals surface area contributed by atoms with Gasteiger partial charge in [-0.2, -0.15) is 0 Å². The molecule has 4 heteroatoms. The Balaban J connectivity index is 1.92. The van der Waals surface area contributed by atoms with Crippen molar-refractivity contribution < 1.29 is 0 Å². The minimum atomic E-state index is 0.0632. The van der Waals surface area contributed by atoms with E-state index in [4.69, 9.17) is 9.97 Å². The fraction of sp³-hybridized carbons (Fsp3) is 0.765. The van der Waals surface area contributed by atoms with E-state index in [9.17, 15) is 0 Å². The molecular formula is C17H28N4. The van der Waals surface area contributed by atoms with E-state index in [1.165, 1.54) is 25.7 Å². The quantitative estimate of drug-likeness (QED) is 0.907. The largest absolute Gasteiger partial charge is 0.373 e. The molecule has 21 heavy (non-hydrogen) atoms. The molecule has 2 aliphatic heterocycles. The van der Waals surface area contributed by atoms with Crippen LogP contribution in [0.5, 0.6) is 0 Å². The number of hydrogen-bond acceptors (Lipinski definition) is 4. The third-order valence-corrected chi connectivity index (χ3v) is 5.23. The van der Waals surface area contributed by atoms with Crippen molar-refractivity contribution in [2.75, 3.05) is 19.4 Å². The van der Waals surface area contributed by atoms with Crippen LogP contribution in [-0.2, 0) is 5.41 Å². The van der Waals surface area contributed by atoms with Gasteiger partial charge in [0.25, 0.3) is 0 Å². The number of nitrogens with zero attached hydrogens (tertiary/aromatic N) is 3. The molecule has 0 amide bonds. The van der Waals surface area contributed by atoms with Crippen molar-refractivity contribution in [2.45, 2.75) is 69.9 Å². The first-order valence-electron chi connectivity index (χ1n) is 8.17. The Bertz CT molecular complexity index is 506. The van der Waals surface area contributed by atoms with Crippen LogP contribution in [0.15, 0.2) is 6.07 Å². The highest BCUT2D eigenvalue weighted by molar-refractivity contribution is 5.38. The Labute approximate surface area is 128 Å². The highest BCUT2D eigenvalue weighted by Crippen LogP contribution is 2.41. The summed E-state index contributed by atoms with van der Waals surface area (Å²) in [5.41, 5.74) is 1.21. The first-order valence-corrected chi connectivity index (χ1v) is 8.17. The molecule has 1 aromatic heterocycles. The second kappa shape index (κ2) is 5.24. The molecule has 0 aliphatic carbocycles. The minimum Gasteiger partial charge on any atom is -0.373 e. The SMILES string of the molecule is CNc1cc(C(C)(C)C)nc(C2CC3CCC(C2)N3C)n1. The molecular weight excluding hydrogens is 260 g/mol. The third kappa shape index (κ3) is 2.78. The number of fused-ring (bicyclic) bond motifs is 2. The molecule has 3 heterocycles. The van der Waals surface area contributed by atoms with Gasteiger partial charge in [-0.25, -0.2) is 9.97 Å². The normalized spacial score (nSPS) is 29.7.